The van der Waals surface area contributed by atoms with Gasteiger partial charge in [-0.2, -0.15) is 5.10 Å². The van der Waals surface area contributed by atoms with Crippen LogP contribution < -0.4 is 10.1 Å². The summed E-state index contributed by atoms with van der Waals surface area (Å²) in [5, 5.41) is 17.0. The van der Waals surface area contributed by atoms with E-state index < -0.39 is 0 Å². The van der Waals surface area contributed by atoms with Gasteiger partial charge in [0.25, 0.3) is 0 Å². The molecule has 1 aliphatic carbocycles. The Labute approximate surface area is 147 Å². The lowest BCUT2D eigenvalue weighted by Crippen LogP contribution is -2.34. The number of hydrogen-bond acceptors (Lipinski definition) is 4. The summed E-state index contributed by atoms with van der Waals surface area (Å²) >= 11 is 0. The van der Waals surface area contributed by atoms with E-state index in [0.29, 0.717) is 13.0 Å². The minimum atomic E-state index is -0.390. The van der Waals surface area contributed by atoms with E-state index in [-0.39, 0.29) is 18.1 Å². The van der Waals surface area contributed by atoms with E-state index in [0.717, 1.165) is 42.7 Å². The first-order valence-electron chi connectivity index (χ1n) is 8.84. The van der Waals surface area contributed by atoms with Gasteiger partial charge in [-0.25, -0.2) is 0 Å². The molecule has 2 atom stereocenters. The zero-order chi connectivity index (χ0) is 17.6. The van der Waals surface area contributed by atoms with Gasteiger partial charge >= 0.3 is 0 Å². The predicted molar refractivity (Wildman–Crippen MR) is 95.5 cm³/mol. The predicted octanol–water partition coefficient (Wildman–Crippen LogP) is 2.90. The van der Waals surface area contributed by atoms with Crippen LogP contribution in [0.4, 0.5) is 5.69 Å². The van der Waals surface area contributed by atoms with Gasteiger partial charge in [-0.15, -0.1) is 0 Å². The van der Waals surface area contributed by atoms with E-state index in [2.05, 4.69) is 10.4 Å². The fourth-order valence-electron chi connectivity index (χ4n) is 3.04. The third-order valence-corrected chi connectivity index (χ3v) is 4.42. The molecule has 0 saturated heterocycles. The molecule has 1 aromatic carbocycles. The number of carbonyl (C=O) groups is 1. The SMILES string of the molecule is Cc1cnn(CCC(=O)Nc2ccc(O[C@@H]3CCCC[C@H]3O)cc2)c1. The van der Waals surface area contributed by atoms with Crippen LogP contribution in [-0.4, -0.2) is 33.0 Å². The van der Waals surface area contributed by atoms with E-state index in [1.54, 1.807) is 10.9 Å². The maximum Gasteiger partial charge on any atom is 0.226 e. The minimum absolute atomic E-state index is 0.0514. The summed E-state index contributed by atoms with van der Waals surface area (Å²) in [4.78, 5) is 12.0. The highest BCUT2D eigenvalue weighted by Gasteiger charge is 2.24. The molecule has 1 aromatic heterocycles. The summed E-state index contributed by atoms with van der Waals surface area (Å²) in [5.41, 5.74) is 1.82. The first-order valence-corrected chi connectivity index (χ1v) is 8.84. The topological polar surface area (TPSA) is 76.4 Å². The summed E-state index contributed by atoms with van der Waals surface area (Å²) in [6, 6.07) is 7.29. The van der Waals surface area contributed by atoms with Crippen molar-refractivity contribution in [1.82, 2.24) is 9.78 Å². The fourth-order valence-corrected chi connectivity index (χ4v) is 3.04. The molecule has 25 heavy (non-hydrogen) atoms. The highest BCUT2D eigenvalue weighted by molar-refractivity contribution is 5.90. The minimum Gasteiger partial charge on any atom is -0.488 e. The number of aromatic nitrogens is 2. The van der Waals surface area contributed by atoms with Crippen molar-refractivity contribution < 1.29 is 14.6 Å². The number of hydrogen-bond donors (Lipinski definition) is 2. The molecule has 2 N–H and O–H groups in total. The summed E-state index contributed by atoms with van der Waals surface area (Å²) in [5.74, 6) is 0.667. The lowest BCUT2D eigenvalue weighted by Gasteiger charge is -2.28. The standard InChI is InChI=1S/C19H25N3O3/c1-14-12-20-22(13-14)11-10-19(24)21-15-6-8-16(9-7-15)25-18-5-3-2-4-17(18)23/h6-9,12-13,17-18,23H,2-5,10-11H2,1H3,(H,21,24)/t17-,18-/m1/s1. The van der Waals surface area contributed by atoms with Gasteiger partial charge in [0, 0.05) is 24.8 Å². The fraction of sp³-hybridized carbons (Fsp3) is 0.474. The monoisotopic (exact) mass is 343 g/mol. The number of benzene rings is 1. The molecule has 6 nitrogen and oxygen atoms in total. The number of anilines is 1. The van der Waals surface area contributed by atoms with Gasteiger partial charge in [0.1, 0.15) is 11.9 Å². The highest BCUT2D eigenvalue weighted by atomic mass is 16.5. The Morgan fingerprint density at radius 3 is 2.76 bits per heavy atom. The molecule has 1 saturated carbocycles. The molecule has 0 bridgehead atoms. The Hall–Kier alpha value is -2.34. The maximum atomic E-state index is 12.0. The average Bonchev–Trinajstić information content (AvgIpc) is 3.02. The first-order chi connectivity index (χ1) is 12.1. The van der Waals surface area contributed by atoms with Crippen LogP contribution in [0.25, 0.3) is 0 Å². The second-order valence-corrected chi connectivity index (χ2v) is 6.61. The molecule has 3 rings (SSSR count). The van der Waals surface area contributed by atoms with Gasteiger partial charge in [-0.3, -0.25) is 9.48 Å². The Balaban J connectivity index is 1.47. The summed E-state index contributed by atoms with van der Waals surface area (Å²) in [7, 11) is 0. The number of aryl methyl sites for hydroxylation is 2. The largest absolute Gasteiger partial charge is 0.488 e. The van der Waals surface area contributed by atoms with Crippen LogP contribution >= 0.6 is 0 Å². The van der Waals surface area contributed by atoms with E-state index in [1.165, 1.54) is 0 Å². The number of ether oxygens (including phenoxy) is 1. The Morgan fingerprint density at radius 1 is 1.32 bits per heavy atom. The number of rotatable bonds is 6. The van der Waals surface area contributed by atoms with Crippen LogP contribution in [0, 0.1) is 6.92 Å². The van der Waals surface area contributed by atoms with Crippen molar-refractivity contribution in [1.29, 1.82) is 0 Å². The molecule has 1 amide bonds. The van der Waals surface area contributed by atoms with Gasteiger partial charge in [-0.1, -0.05) is 6.42 Å². The Morgan fingerprint density at radius 2 is 2.08 bits per heavy atom. The quantitative estimate of drug-likeness (QED) is 0.845. The molecule has 1 aliphatic rings. The molecule has 0 aliphatic heterocycles. The third-order valence-electron chi connectivity index (χ3n) is 4.42. The molecule has 2 aromatic rings. The lowest BCUT2D eigenvalue weighted by atomic mass is 9.95. The number of aliphatic hydroxyl groups excluding tert-OH is 1. The maximum absolute atomic E-state index is 12.0. The van der Waals surface area contributed by atoms with Crippen LogP contribution in [0.2, 0.25) is 0 Å². The van der Waals surface area contributed by atoms with Crippen molar-refractivity contribution in [2.45, 2.75) is 57.8 Å². The van der Waals surface area contributed by atoms with Crippen LogP contribution in [0.3, 0.4) is 0 Å². The highest BCUT2D eigenvalue weighted by Crippen LogP contribution is 2.24. The van der Waals surface area contributed by atoms with Crippen molar-refractivity contribution in [2.75, 3.05) is 5.32 Å². The second-order valence-electron chi connectivity index (χ2n) is 6.61. The van der Waals surface area contributed by atoms with Crippen molar-refractivity contribution in [3.8, 4) is 5.75 Å². The van der Waals surface area contributed by atoms with Crippen molar-refractivity contribution in [3.05, 3.63) is 42.2 Å². The van der Waals surface area contributed by atoms with Crippen LogP contribution in [-0.2, 0) is 11.3 Å². The van der Waals surface area contributed by atoms with E-state index in [4.69, 9.17) is 4.74 Å². The van der Waals surface area contributed by atoms with Gasteiger partial charge in [-0.05, 0) is 56.0 Å². The normalized spacial score (nSPS) is 20.2. The van der Waals surface area contributed by atoms with Crippen LogP contribution in [0.15, 0.2) is 36.7 Å². The second kappa shape index (κ2) is 8.16. The molecule has 1 heterocycles. The zero-order valence-electron chi connectivity index (χ0n) is 14.5. The number of amides is 1. The number of aliphatic hydroxyl groups is 1. The van der Waals surface area contributed by atoms with Gasteiger partial charge in [0.05, 0.1) is 12.3 Å². The molecule has 0 spiro atoms. The van der Waals surface area contributed by atoms with E-state index >= 15 is 0 Å². The van der Waals surface area contributed by atoms with Crippen LogP contribution in [0.1, 0.15) is 37.7 Å². The third kappa shape index (κ3) is 5.06. The lowest BCUT2D eigenvalue weighted by molar-refractivity contribution is -0.116. The van der Waals surface area contributed by atoms with Crippen LogP contribution in [0.5, 0.6) is 5.75 Å². The van der Waals surface area contributed by atoms with Crippen molar-refractivity contribution in [2.24, 2.45) is 0 Å². The first kappa shape index (κ1) is 17.5. The van der Waals surface area contributed by atoms with Gasteiger partial charge in [0.15, 0.2) is 0 Å². The Bertz CT molecular complexity index is 696. The van der Waals surface area contributed by atoms with Gasteiger partial charge in [0.2, 0.25) is 5.91 Å². The summed E-state index contributed by atoms with van der Waals surface area (Å²) in [6.07, 6.45) is 7.37. The molecule has 1 fully saturated rings. The van der Waals surface area contributed by atoms with E-state index in [9.17, 15) is 9.90 Å². The summed E-state index contributed by atoms with van der Waals surface area (Å²) < 4.78 is 7.63. The van der Waals surface area contributed by atoms with Gasteiger partial charge < -0.3 is 15.2 Å². The van der Waals surface area contributed by atoms with Crippen molar-refractivity contribution in [3.63, 3.8) is 0 Å². The number of nitrogens with one attached hydrogen (secondary N) is 1. The molecule has 0 radical (unpaired) electrons. The number of nitrogens with zero attached hydrogens (tertiary/aromatic N) is 2. The molecule has 0 unspecified atom stereocenters. The Kier molecular flexibility index (Phi) is 5.71. The van der Waals surface area contributed by atoms with Crippen molar-refractivity contribution >= 4 is 11.6 Å². The average molecular weight is 343 g/mol. The summed E-state index contributed by atoms with van der Waals surface area (Å²) in [6.45, 7) is 2.53. The zero-order valence-corrected chi connectivity index (χ0v) is 14.5. The smallest absolute Gasteiger partial charge is 0.226 e. The molecular formula is C19H25N3O3. The van der Waals surface area contributed by atoms with E-state index in [1.807, 2.05) is 37.4 Å². The number of carbonyl (C=O) groups excluding carboxylic acids is 1. The molecule has 6 heteroatoms. The molecular weight excluding hydrogens is 318 g/mol. The molecule has 134 valence electrons.